The summed E-state index contributed by atoms with van der Waals surface area (Å²) < 4.78 is 0. The van der Waals surface area contributed by atoms with Crippen molar-refractivity contribution >= 4 is 11.9 Å². The Hall–Kier alpha value is -1.10. The number of hydrogen-bond acceptors (Lipinski definition) is 4. The Bertz CT molecular complexity index is 118. The van der Waals surface area contributed by atoms with Crippen LogP contribution in [0.3, 0.4) is 0 Å². The smallest absolute Gasteiger partial charge is 0.449 e. The van der Waals surface area contributed by atoms with Gasteiger partial charge < -0.3 is 5.11 Å². The standard InChI is InChI=1S/C4H6O5/c1-2-8-9-4(7)3(5)6/h2H2,1H3,(H,5,6). The van der Waals surface area contributed by atoms with Gasteiger partial charge in [0.2, 0.25) is 0 Å². The summed E-state index contributed by atoms with van der Waals surface area (Å²) in [5.41, 5.74) is 0. The molecule has 0 bridgehead atoms. The summed E-state index contributed by atoms with van der Waals surface area (Å²) in [4.78, 5) is 27.3. The molecule has 0 saturated heterocycles. The molecule has 9 heavy (non-hydrogen) atoms. The fourth-order valence-electron chi connectivity index (χ4n) is 0.148. The molecule has 0 unspecified atom stereocenters. The Balaban J connectivity index is 3.39. The molecule has 0 aromatic carbocycles. The highest BCUT2D eigenvalue weighted by Gasteiger charge is 2.12. The summed E-state index contributed by atoms with van der Waals surface area (Å²) in [5.74, 6) is -3.07. The quantitative estimate of drug-likeness (QED) is 0.315. The van der Waals surface area contributed by atoms with Gasteiger partial charge in [-0.05, 0) is 6.92 Å². The molecule has 0 aromatic rings. The predicted molar refractivity (Wildman–Crippen MR) is 25.4 cm³/mol. The molecule has 52 valence electrons. The number of aliphatic carboxylic acids is 1. The van der Waals surface area contributed by atoms with E-state index in [4.69, 9.17) is 5.11 Å². The predicted octanol–water partition coefficient (Wildman–Crippen LogP) is -0.434. The van der Waals surface area contributed by atoms with Crippen molar-refractivity contribution in [2.75, 3.05) is 6.61 Å². The molecule has 0 spiro atoms. The molecule has 5 heteroatoms. The van der Waals surface area contributed by atoms with Crippen molar-refractivity contribution in [3.8, 4) is 0 Å². The summed E-state index contributed by atoms with van der Waals surface area (Å²) in [5, 5.41) is 7.85. The van der Waals surface area contributed by atoms with Gasteiger partial charge in [-0.15, -0.1) is 0 Å². The number of carboxylic acids is 1. The second-order valence-electron chi connectivity index (χ2n) is 1.08. The van der Waals surface area contributed by atoms with Crippen LogP contribution < -0.4 is 0 Å². The van der Waals surface area contributed by atoms with Gasteiger partial charge in [-0.1, -0.05) is 0 Å². The fraction of sp³-hybridized carbons (Fsp3) is 0.500. The van der Waals surface area contributed by atoms with Gasteiger partial charge in [0, 0.05) is 0 Å². The maximum Gasteiger partial charge on any atom is 0.449 e. The van der Waals surface area contributed by atoms with Crippen molar-refractivity contribution in [2.24, 2.45) is 0 Å². The van der Waals surface area contributed by atoms with Crippen LogP contribution in [0.25, 0.3) is 0 Å². The third-order valence-electron chi connectivity index (χ3n) is 0.427. The molecule has 0 amide bonds. The third kappa shape index (κ3) is 3.48. The Morgan fingerprint density at radius 1 is 1.56 bits per heavy atom. The molecule has 0 aliphatic carbocycles. The highest BCUT2D eigenvalue weighted by atomic mass is 17.2. The van der Waals surface area contributed by atoms with Gasteiger partial charge >= 0.3 is 11.9 Å². The van der Waals surface area contributed by atoms with E-state index in [2.05, 4.69) is 9.78 Å². The first-order chi connectivity index (χ1) is 4.18. The first-order valence-corrected chi connectivity index (χ1v) is 2.25. The van der Waals surface area contributed by atoms with E-state index in [9.17, 15) is 9.59 Å². The molecular formula is C4H6O5. The highest BCUT2D eigenvalue weighted by Crippen LogP contribution is 1.79. The summed E-state index contributed by atoms with van der Waals surface area (Å²) in [6.07, 6.45) is 0. The first kappa shape index (κ1) is 7.90. The Morgan fingerprint density at radius 2 is 2.11 bits per heavy atom. The molecule has 0 radical (unpaired) electrons. The molecule has 0 aliphatic rings. The van der Waals surface area contributed by atoms with Crippen LogP contribution in [0.5, 0.6) is 0 Å². The van der Waals surface area contributed by atoms with E-state index in [1.165, 1.54) is 0 Å². The highest BCUT2D eigenvalue weighted by molar-refractivity contribution is 6.28. The zero-order chi connectivity index (χ0) is 7.28. The minimum absolute atomic E-state index is 0.138. The van der Waals surface area contributed by atoms with Crippen molar-refractivity contribution in [1.82, 2.24) is 0 Å². The lowest BCUT2D eigenvalue weighted by molar-refractivity contribution is -0.268. The van der Waals surface area contributed by atoms with Gasteiger partial charge in [0.25, 0.3) is 0 Å². The van der Waals surface area contributed by atoms with Crippen molar-refractivity contribution < 1.29 is 24.5 Å². The van der Waals surface area contributed by atoms with Gasteiger partial charge in [-0.3, -0.25) is 4.89 Å². The number of carbonyl (C=O) groups is 2. The van der Waals surface area contributed by atoms with Crippen LogP contribution in [-0.4, -0.2) is 23.7 Å². The van der Waals surface area contributed by atoms with E-state index < -0.39 is 11.9 Å². The molecule has 0 aliphatic heterocycles. The normalized spacial score (nSPS) is 8.56. The minimum atomic E-state index is -1.66. The van der Waals surface area contributed by atoms with Gasteiger partial charge in [0.15, 0.2) is 0 Å². The molecule has 1 N–H and O–H groups in total. The Labute approximate surface area is 51.1 Å². The Morgan fingerprint density at radius 3 is 2.44 bits per heavy atom. The van der Waals surface area contributed by atoms with Crippen molar-refractivity contribution in [3.05, 3.63) is 0 Å². The van der Waals surface area contributed by atoms with E-state index in [0.29, 0.717) is 0 Å². The average Bonchev–Trinajstić information content (AvgIpc) is 1.82. The maximum absolute atomic E-state index is 9.95. The zero-order valence-corrected chi connectivity index (χ0v) is 4.79. The summed E-state index contributed by atoms with van der Waals surface area (Å²) in [7, 11) is 0. The average molecular weight is 134 g/mol. The lowest BCUT2D eigenvalue weighted by atomic mass is 10.7. The van der Waals surface area contributed by atoms with E-state index in [-0.39, 0.29) is 6.61 Å². The largest absolute Gasteiger partial charge is 0.473 e. The molecule has 0 aromatic heterocycles. The number of carboxylic acid groups (broad SMARTS) is 1. The van der Waals surface area contributed by atoms with Crippen LogP contribution in [0.1, 0.15) is 6.92 Å². The molecule has 0 rings (SSSR count). The van der Waals surface area contributed by atoms with Gasteiger partial charge in [0.1, 0.15) is 0 Å². The lowest BCUT2D eigenvalue weighted by Gasteiger charge is -1.94. The van der Waals surface area contributed by atoms with Gasteiger partial charge in [-0.2, -0.15) is 4.89 Å². The van der Waals surface area contributed by atoms with Crippen LogP contribution in [0.2, 0.25) is 0 Å². The summed E-state index contributed by atoms with van der Waals surface area (Å²) in [6, 6.07) is 0. The molecule has 0 atom stereocenters. The monoisotopic (exact) mass is 134 g/mol. The number of carbonyl (C=O) groups excluding carboxylic acids is 1. The lowest BCUT2D eigenvalue weighted by Crippen LogP contribution is -2.16. The van der Waals surface area contributed by atoms with Crippen LogP contribution in [-0.2, 0) is 19.4 Å². The molecule has 0 heterocycles. The van der Waals surface area contributed by atoms with Crippen LogP contribution >= 0.6 is 0 Å². The SMILES string of the molecule is CCOOC(=O)C(=O)O. The summed E-state index contributed by atoms with van der Waals surface area (Å²) in [6.45, 7) is 1.70. The van der Waals surface area contributed by atoms with Gasteiger partial charge in [-0.25, -0.2) is 9.59 Å². The maximum atomic E-state index is 9.95. The molecule has 0 saturated carbocycles. The Kier molecular flexibility index (Phi) is 3.38. The molecule has 5 nitrogen and oxygen atoms in total. The molecule has 0 fully saturated rings. The third-order valence-corrected chi connectivity index (χ3v) is 0.427. The second kappa shape index (κ2) is 3.85. The van der Waals surface area contributed by atoms with Crippen LogP contribution in [0, 0.1) is 0 Å². The van der Waals surface area contributed by atoms with E-state index in [0.717, 1.165) is 0 Å². The van der Waals surface area contributed by atoms with Crippen molar-refractivity contribution in [2.45, 2.75) is 6.92 Å². The number of rotatable bonds is 2. The van der Waals surface area contributed by atoms with E-state index in [1.807, 2.05) is 0 Å². The zero-order valence-electron chi connectivity index (χ0n) is 4.79. The van der Waals surface area contributed by atoms with Crippen molar-refractivity contribution in [3.63, 3.8) is 0 Å². The number of hydrogen-bond donors (Lipinski definition) is 1. The van der Waals surface area contributed by atoms with E-state index >= 15 is 0 Å². The van der Waals surface area contributed by atoms with E-state index in [1.54, 1.807) is 6.92 Å². The molecular weight excluding hydrogens is 128 g/mol. The van der Waals surface area contributed by atoms with Crippen LogP contribution in [0.15, 0.2) is 0 Å². The van der Waals surface area contributed by atoms with Gasteiger partial charge in [0.05, 0.1) is 6.61 Å². The van der Waals surface area contributed by atoms with Crippen LogP contribution in [0.4, 0.5) is 0 Å². The topological polar surface area (TPSA) is 72.8 Å². The minimum Gasteiger partial charge on any atom is -0.473 e. The first-order valence-electron chi connectivity index (χ1n) is 2.25. The summed E-state index contributed by atoms with van der Waals surface area (Å²) >= 11 is 0. The van der Waals surface area contributed by atoms with Crippen molar-refractivity contribution in [1.29, 1.82) is 0 Å². The second-order valence-corrected chi connectivity index (χ2v) is 1.08. The fourth-order valence-corrected chi connectivity index (χ4v) is 0.148.